The highest BCUT2D eigenvalue weighted by molar-refractivity contribution is 7.09. The summed E-state index contributed by atoms with van der Waals surface area (Å²) in [6.07, 6.45) is 4.17. The first-order valence-electron chi connectivity index (χ1n) is 12.4. The van der Waals surface area contributed by atoms with Gasteiger partial charge in [-0.25, -0.2) is 4.98 Å². The molecule has 2 aliphatic rings. The monoisotopic (exact) mass is 502 g/mol. The number of fused-ring (bicyclic) bond motifs is 1. The highest BCUT2D eigenvalue weighted by Crippen LogP contribution is 2.38. The number of thiazole rings is 1. The van der Waals surface area contributed by atoms with Crippen LogP contribution in [0.5, 0.6) is 0 Å². The number of carbonyl (C=O) groups is 3. The van der Waals surface area contributed by atoms with Crippen LogP contribution in [0, 0.1) is 5.92 Å². The summed E-state index contributed by atoms with van der Waals surface area (Å²) in [7, 11) is 1.87. The molecular weight excluding hydrogens is 472 g/mol. The first-order valence-corrected chi connectivity index (χ1v) is 13.3. The molecule has 186 valence electrons. The SMILES string of the molecule is C[C@@H](c1nccs1)N1C(=O)c2cccc(N3CCC[C@H](C(=O)N(C)CCc4ccccc4)C3)c2C1=O. The van der Waals surface area contributed by atoms with Crippen LogP contribution in [-0.2, 0) is 11.2 Å². The molecular formula is C28H30N4O3S. The average molecular weight is 503 g/mol. The fourth-order valence-electron chi connectivity index (χ4n) is 5.21. The topological polar surface area (TPSA) is 73.8 Å². The number of amides is 3. The molecule has 7 nitrogen and oxygen atoms in total. The minimum absolute atomic E-state index is 0.129. The Hall–Kier alpha value is -3.52. The third-order valence-corrected chi connectivity index (χ3v) is 8.13. The smallest absolute Gasteiger partial charge is 0.264 e. The molecule has 3 amide bonds. The Balaban J connectivity index is 1.32. The zero-order valence-electron chi connectivity index (χ0n) is 20.6. The van der Waals surface area contributed by atoms with Gasteiger partial charge in [-0.3, -0.25) is 19.3 Å². The lowest BCUT2D eigenvalue weighted by Gasteiger charge is -2.36. The van der Waals surface area contributed by atoms with Gasteiger partial charge in [0.15, 0.2) is 0 Å². The summed E-state index contributed by atoms with van der Waals surface area (Å²) in [5.41, 5.74) is 2.82. The van der Waals surface area contributed by atoms with E-state index in [4.69, 9.17) is 0 Å². The average Bonchev–Trinajstić information content (AvgIpc) is 3.54. The fourth-order valence-corrected chi connectivity index (χ4v) is 5.90. The van der Waals surface area contributed by atoms with Crippen molar-refractivity contribution in [3.63, 3.8) is 0 Å². The van der Waals surface area contributed by atoms with E-state index in [1.165, 1.54) is 21.8 Å². The third-order valence-electron chi connectivity index (χ3n) is 7.19. The van der Waals surface area contributed by atoms with Crippen LogP contribution in [0.25, 0.3) is 0 Å². The van der Waals surface area contributed by atoms with E-state index in [2.05, 4.69) is 22.0 Å². The van der Waals surface area contributed by atoms with Gasteiger partial charge in [0.1, 0.15) is 5.01 Å². The van der Waals surface area contributed by atoms with Crippen molar-refractivity contribution in [1.29, 1.82) is 0 Å². The van der Waals surface area contributed by atoms with Crippen molar-refractivity contribution in [2.45, 2.75) is 32.2 Å². The fraction of sp³-hybridized carbons (Fsp3) is 0.357. The summed E-state index contributed by atoms with van der Waals surface area (Å²) in [5, 5.41) is 2.57. The molecule has 2 atom stereocenters. The van der Waals surface area contributed by atoms with Crippen molar-refractivity contribution in [2.24, 2.45) is 5.92 Å². The van der Waals surface area contributed by atoms with E-state index in [-0.39, 0.29) is 23.6 Å². The lowest BCUT2D eigenvalue weighted by Crippen LogP contribution is -2.44. The van der Waals surface area contributed by atoms with Gasteiger partial charge in [-0.2, -0.15) is 0 Å². The molecule has 0 unspecified atom stereocenters. The van der Waals surface area contributed by atoms with Crippen LogP contribution in [-0.4, -0.2) is 59.2 Å². The number of likely N-dealkylation sites (N-methyl/N-ethyl adjacent to an activating group) is 1. The van der Waals surface area contributed by atoms with Crippen molar-refractivity contribution in [3.8, 4) is 0 Å². The Morgan fingerprint density at radius 3 is 2.69 bits per heavy atom. The first kappa shape index (κ1) is 24.2. The lowest BCUT2D eigenvalue weighted by molar-refractivity contribution is -0.134. The van der Waals surface area contributed by atoms with Crippen LogP contribution in [0.15, 0.2) is 60.1 Å². The van der Waals surface area contributed by atoms with E-state index in [9.17, 15) is 14.4 Å². The van der Waals surface area contributed by atoms with E-state index in [1.54, 1.807) is 12.3 Å². The van der Waals surface area contributed by atoms with Crippen LogP contribution in [0.4, 0.5) is 5.69 Å². The maximum Gasteiger partial charge on any atom is 0.264 e. The number of piperidine rings is 1. The molecule has 3 heterocycles. The van der Waals surface area contributed by atoms with Gasteiger partial charge in [0.05, 0.1) is 28.8 Å². The molecule has 0 saturated carbocycles. The van der Waals surface area contributed by atoms with Gasteiger partial charge in [-0.1, -0.05) is 36.4 Å². The number of benzene rings is 2. The van der Waals surface area contributed by atoms with Gasteiger partial charge in [0.25, 0.3) is 11.8 Å². The largest absolute Gasteiger partial charge is 0.370 e. The second kappa shape index (κ2) is 10.2. The highest BCUT2D eigenvalue weighted by Gasteiger charge is 2.42. The predicted octanol–water partition coefficient (Wildman–Crippen LogP) is 4.42. The Bertz CT molecular complexity index is 1260. The minimum atomic E-state index is -0.431. The van der Waals surface area contributed by atoms with E-state index < -0.39 is 6.04 Å². The Morgan fingerprint density at radius 2 is 1.94 bits per heavy atom. The summed E-state index contributed by atoms with van der Waals surface area (Å²) in [6.45, 7) is 3.78. The van der Waals surface area contributed by atoms with E-state index in [0.717, 1.165) is 36.5 Å². The van der Waals surface area contributed by atoms with Gasteiger partial charge < -0.3 is 9.80 Å². The molecule has 8 heteroatoms. The summed E-state index contributed by atoms with van der Waals surface area (Å²) in [5.74, 6) is -0.593. The molecule has 1 aromatic heterocycles. The maximum atomic E-state index is 13.5. The standard InChI is InChI=1S/C28H30N4O3S/c1-19(25-29-14-17-36-25)32-27(34)22-11-6-12-23(24(22)28(32)35)31-15-7-10-21(18-31)26(33)30(2)16-13-20-8-4-3-5-9-20/h3-6,8-9,11-12,14,17,19,21H,7,10,13,15-16,18H2,1-2H3/t19-,21-/m0/s1. The molecule has 5 rings (SSSR count). The quantitative estimate of drug-likeness (QED) is 0.447. The van der Waals surface area contributed by atoms with Crippen molar-refractivity contribution in [1.82, 2.24) is 14.8 Å². The van der Waals surface area contributed by atoms with Crippen LogP contribution < -0.4 is 4.90 Å². The molecule has 0 spiro atoms. The van der Waals surface area contributed by atoms with Gasteiger partial charge >= 0.3 is 0 Å². The number of hydrogen-bond donors (Lipinski definition) is 0. The number of rotatable bonds is 7. The molecule has 1 fully saturated rings. The van der Waals surface area contributed by atoms with E-state index in [1.807, 2.05) is 54.6 Å². The maximum absolute atomic E-state index is 13.5. The minimum Gasteiger partial charge on any atom is -0.370 e. The van der Waals surface area contributed by atoms with Crippen molar-refractivity contribution in [2.75, 3.05) is 31.6 Å². The molecule has 0 aliphatic carbocycles. The number of carbonyl (C=O) groups excluding carboxylic acids is 3. The number of imide groups is 1. The van der Waals surface area contributed by atoms with Crippen LogP contribution in [0.2, 0.25) is 0 Å². The van der Waals surface area contributed by atoms with Crippen molar-refractivity contribution >= 4 is 34.7 Å². The Morgan fingerprint density at radius 1 is 1.14 bits per heavy atom. The first-order chi connectivity index (χ1) is 17.5. The van der Waals surface area contributed by atoms with Gasteiger partial charge in [0.2, 0.25) is 5.91 Å². The molecule has 0 bridgehead atoms. The summed E-state index contributed by atoms with van der Waals surface area (Å²) >= 11 is 1.43. The molecule has 1 saturated heterocycles. The molecule has 36 heavy (non-hydrogen) atoms. The summed E-state index contributed by atoms with van der Waals surface area (Å²) < 4.78 is 0. The van der Waals surface area contributed by atoms with Gasteiger partial charge in [-0.05, 0) is 43.9 Å². The van der Waals surface area contributed by atoms with Crippen LogP contribution >= 0.6 is 11.3 Å². The van der Waals surface area contributed by atoms with Crippen LogP contribution in [0.1, 0.15) is 57.1 Å². The second-order valence-corrected chi connectivity index (χ2v) is 10.4. The number of aromatic nitrogens is 1. The number of anilines is 1. The number of nitrogens with zero attached hydrogens (tertiary/aromatic N) is 4. The molecule has 2 aromatic carbocycles. The Kier molecular flexibility index (Phi) is 6.87. The normalized spacial score (nSPS) is 18.3. The number of hydrogen-bond acceptors (Lipinski definition) is 6. The zero-order chi connectivity index (χ0) is 25.2. The van der Waals surface area contributed by atoms with E-state index in [0.29, 0.717) is 24.2 Å². The van der Waals surface area contributed by atoms with E-state index >= 15 is 0 Å². The molecule has 2 aliphatic heterocycles. The second-order valence-electron chi connectivity index (χ2n) is 9.51. The molecule has 0 radical (unpaired) electrons. The molecule has 0 N–H and O–H groups in total. The van der Waals surface area contributed by atoms with Crippen molar-refractivity contribution < 1.29 is 14.4 Å². The zero-order valence-corrected chi connectivity index (χ0v) is 21.4. The van der Waals surface area contributed by atoms with Gasteiger partial charge in [0, 0.05) is 38.3 Å². The Labute approximate surface area is 215 Å². The molecule has 3 aromatic rings. The van der Waals surface area contributed by atoms with Gasteiger partial charge in [-0.15, -0.1) is 11.3 Å². The van der Waals surface area contributed by atoms with Crippen molar-refractivity contribution in [3.05, 3.63) is 81.8 Å². The third kappa shape index (κ3) is 4.53. The predicted molar refractivity (Wildman–Crippen MR) is 140 cm³/mol. The summed E-state index contributed by atoms with van der Waals surface area (Å²) in [6, 6.07) is 15.2. The highest BCUT2D eigenvalue weighted by atomic mass is 32.1. The lowest BCUT2D eigenvalue weighted by atomic mass is 9.94. The summed E-state index contributed by atoms with van der Waals surface area (Å²) in [4.78, 5) is 49.6. The van der Waals surface area contributed by atoms with Crippen LogP contribution in [0.3, 0.4) is 0 Å².